The number of fused-ring (bicyclic) bond motifs is 3. The molecule has 4 nitrogen and oxygen atoms in total. The van der Waals surface area contributed by atoms with Gasteiger partial charge in [0.05, 0.1) is 11.1 Å². The van der Waals surface area contributed by atoms with Gasteiger partial charge in [0.2, 0.25) is 5.78 Å². The summed E-state index contributed by atoms with van der Waals surface area (Å²) in [6.07, 6.45) is 1.81. The summed E-state index contributed by atoms with van der Waals surface area (Å²) in [5.74, 6) is 1.75. The molecule has 0 fully saturated rings. The van der Waals surface area contributed by atoms with E-state index in [1.54, 1.807) is 6.07 Å². The lowest BCUT2D eigenvalue weighted by molar-refractivity contribution is 0.0674. The maximum Gasteiger partial charge on any atom is 0.231 e. The molecule has 0 radical (unpaired) electrons. The molecule has 0 N–H and O–H groups in total. The lowest BCUT2D eigenvalue weighted by Crippen LogP contribution is -2.37. The first kappa shape index (κ1) is 15.9. The van der Waals surface area contributed by atoms with Crippen LogP contribution in [-0.4, -0.2) is 23.5 Å². The number of carbonyl (C=O) groups is 1. The number of hydrogen-bond acceptors (Lipinski definition) is 4. The fourth-order valence-corrected chi connectivity index (χ4v) is 3.22. The average molecular weight is 335 g/mol. The van der Waals surface area contributed by atoms with Crippen molar-refractivity contribution in [3.8, 4) is 11.5 Å². The maximum absolute atomic E-state index is 12.7. The second-order valence-electron chi connectivity index (χ2n) is 6.89. The molecule has 2 heterocycles. The smallest absolute Gasteiger partial charge is 0.231 e. The molecule has 4 heteroatoms. The third-order valence-electron chi connectivity index (χ3n) is 4.72. The monoisotopic (exact) mass is 335 g/mol. The predicted molar refractivity (Wildman–Crippen MR) is 96.7 cm³/mol. The summed E-state index contributed by atoms with van der Waals surface area (Å²) < 4.78 is 11.8. The van der Waals surface area contributed by atoms with Gasteiger partial charge in [-0.1, -0.05) is 29.8 Å². The lowest BCUT2D eigenvalue weighted by Gasteiger charge is -2.32. The molecule has 0 unspecified atom stereocenters. The van der Waals surface area contributed by atoms with E-state index in [1.807, 2.05) is 43.3 Å². The van der Waals surface area contributed by atoms with Crippen LogP contribution in [0.3, 0.4) is 0 Å². The topological polar surface area (TPSA) is 38.8 Å². The Kier molecular flexibility index (Phi) is 3.85. The molecule has 0 atom stereocenters. The number of hydrogen-bond donors (Lipinski definition) is 0. The van der Waals surface area contributed by atoms with Crippen molar-refractivity contribution in [1.82, 2.24) is 4.90 Å². The molecule has 0 amide bonds. The van der Waals surface area contributed by atoms with Gasteiger partial charge in [-0.05, 0) is 44.5 Å². The first-order valence-corrected chi connectivity index (χ1v) is 8.56. The van der Waals surface area contributed by atoms with Crippen LogP contribution in [0.1, 0.15) is 40.9 Å². The summed E-state index contributed by atoms with van der Waals surface area (Å²) in [6, 6.07) is 12.1. The normalized spacial score (nSPS) is 18.1. The minimum atomic E-state index is -0.0685. The first-order valence-electron chi connectivity index (χ1n) is 8.56. The Morgan fingerprint density at radius 1 is 1.20 bits per heavy atom. The van der Waals surface area contributed by atoms with E-state index < -0.39 is 0 Å². The van der Waals surface area contributed by atoms with Crippen LogP contribution in [0.25, 0.3) is 6.08 Å². The molecule has 25 heavy (non-hydrogen) atoms. The van der Waals surface area contributed by atoms with Gasteiger partial charge in [-0.3, -0.25) is 9.69 Å². The van der Waals surface area contributed by atoms with Crippen LogP contribution in [0.15, 0.2) is 42.2 Å². The van der Waals surface area contributed by atoms with Crippen molar-refractivity contribution >= 4 is 11.9 Å². The average Bonchev–Trinajstić information content (AvgIpc) is 2.91. The van der Waals surface area contributed by atoms with E-state index in [0.29, 0.717) is 29.8 Å². The molecule has 4 rings (SSSR count). The van der Waals surface area contributed by atoms with E-state index in [0.717, 1.165) is 29.0 Å². The Morgan fingerprint density at radius 3 is 2.80 bits per heavy atom. The molecular weight excluding hydrogens is 314 g/mol. The van der Waals surface area contributed by atoms with Crippen molar-refractivity contribution in [3.63, 3.8) is 0 Å². The fourth-order valence-electron chi connectivity index (χ4n) is 3.22. The maximum atomic E-state index is 12.7. The number of carbonyl (C=O) groups excluding carboxylic acids is 1. The number of aryl methyl sites for hydroxylation is 1. The summed E-state index contributed by atoms with van der Waals surface area (Å²) in [5.41, 5.74) is 3.69. The Hall–Kier alpha value is -2.59. The van der Waals surface area contributed by atoms with Gasteiger partial charge < -0.3 is 9.47 Å². The highest BCUT2D eigenvalue weighted by Gasteiger charge is 2.33. The summed E-state index contributed by atoms with van der Waals surface area (Å²) in [4.78, 5) is 14.9. The summed E-state index contributed by atoms with van der Waals surface area (Å²) in [6.45, 7) is 7.58. The zero-order chi connectivity index (χ0) is 17.6. The highest BCUT2D eigenvalue weighted by atomic mass is 16.5. The SMILES string of the molecule is Cc1cccc(/C=C2/Oc3c(ccc4c3CN(C(C)C)CO4)C2=O)c1. The molecule has 2 aliphatic rings. The van der Waals surface area contributed by atoms with Gasteiger partial charge in [0, 0.05) is 12.6 Å². The quantitative estimate of drug-likeness (QED) is 0.772. The van der Waals surface area contributed by atoms with Crippen molar-refractivity contribution in [2.45, 2.75) is 33.4 Å². The van der Waals surface area contributed by atoms with Crippen molar-refractivity contribution in [2.75, 3.05) is 6.73 Å². The molecule has 0 aromatic heterocycles. The third-order valence-corrected chi connectivity index (χ3v) is 4.72. The number of ketones is 1. The minimum Gasteiger partial charge on any atom is -0.478 e. The van der Waals surface area contributed by atoms with Gasteiger partial charge in [0.1, 0.15) is 18.2 Å². The number of allylic oxidation sites excluding steroid dienone is 1. The van der Waals surface area contributed by atoms with Crippen LogP contribution in [0.2, 0.25) is 0 Å². The van der Waals surface area contributed by atoms with E-state index in [-0.39, 0.29) is 5.78 Å². The Morgan fingerprint density at radius 2 is 2.04 bits per heavy atom. The number of ether oxygens (including phenoxy) is 2. The van der Waals surface area contributed by atoms with Crippen LogP contribution in [0.4, 0.5) is 0 Å². The zero-order valence-electron chi connectivity index (χ0n) is 14.7. The van der Waals surface area contributed by atoms with E-state index in [1.165, 1.54) is 0 Å². The van der Waals surface area contributed by atoms with Crippen LogP contribution in [0.5, 0.6) is 11.5 Å². The molecule has 128 valence electrons. The second-order valence-corrected chi connectivity index (χ2v) is 6.89. The van der Waals surface area contributed by atoms with E-state index >= 15 is 0 Å². The van der Waals surface area contributed by atoms with Gasteiger partial charge in [0.25, 0.3) is 0 Å². The number of benzene rings is 2. The van der Waals surface area contributed by atoms with E-state index in [9.17, 15) is 4.79 Å². The standard InChI is InChI=1S/C21H21NO3/c1-13(2)22-11-17-18(24-12-22)8-7-16-20(23)19(25-21(16)17)10-15-6-4-5-14(3)9-15/h4-10,13H,11-12H2,1-3H3/b19-10+. The second kappa shape index (κ2) is 6.05. The highest BCUT2D eigenvalue weighted by molar-refractivity contribution is 6.15. The van der Waals surface area contributed by atoms with Crippen LogP contribution in [0, 0.1) is 6.92 Å². The lowest BCUT2D eigenvalue weighted by atomic mass is 10.0. The van der Waals surface area contributed by atoms with E-state index in [4.69, 9.17) is 9.47 Å². The molecule has 0 saturated heterocycles. The van der Waals surface area contributed by atoms with Gasteiger partial charge in [-0.15, -0.1) is 0 Å². The predicted octanol–water partition coefficient (Wildman–Crippen LogP) is 4.17. The van der Waals surface area contributed by atoms with E-state index in [2.05, 4.69) is 18.7 Å². The molecule has 0 aliphatic carbocycles. The van der Waals surface area contributed by atoms with Gasteiger partial charge in [-0.25, -0.2) is 0 Å². The number of rotatable bonds is 2. The molecule has 0 saturated carbocycles. The summed E-state index contributed by atoms with van der Waals surface area (Å²) in [5, 5.41) is 0. The van der Waals surface area contributed by atoms with Gasteiger partial charge >= 0.3 is 0 Å². The minimum absolute atomic E-state index is 0.0685. The number of nitrogens with zero attached hydrogens (tertiary/aromatic N) is 1. The first-order chi connectivity index (χ1) is 12.0. The third kappa shape index (κ3) is 2.83. The fraction of sp³-hybridized carbons (Fsp3) is 0.286. The van der Waals surface area contributed by atoms with Crippen LogP contribution in [-0.2, 0) is 6.54 Å². The molecule has 0 spiro atoms. The molecule has 0 bridgehead atoms. The van der Waals surface area contributed by atoms with Crippen LogP contribution >= 0.6 is 0 Å². The van der Waals surface area contributed by atoms with Gasteiger partial charge in [0.15, 0.2) is 5.76 Å². The van der Waals surface area contributed by atoms with Crippen molar-refractivity contribution in [1.29, 1.82) is 0 Å². The Bertz CT molecular complexity index is 883. The number of Topliss-reactive ketones (excluding diaryl/α,β-unsaturated/α-hetero) is 1. The molecule has 2 aliphatic heterocycles. The Balaban J connectivity index is 1.71. The molecule has 2 aromatic carbocycles. The zero-order valence-corrected chi connectivity index (χ0v) is 14.7. The largest absolute Gasteiger partial charge is 0.478 e. The van der Waals surface area contributed by atoms with Crippen molar-refractivity contribution < 1.29 is 14.3 Å². The summed E-state index contributed by atoms with van der Waals surface area (Å²) in [7, 11) is 0. The van der Waals surface area contributed by atoms with Crippen molar-refractivity contribution in [2.24, 2.45) is 0 Å². The van der Waals surface area contributed by atoms with Gasteiger partial charge in [-0.2, -0.15) is 0 Å². The molecule has 2 aromatic rings. The molecular formula is C21H21NO3. The van der Waals surface area contributed by atoms with Crippen LogP contribution < -0.4 is 9.47 Å². The highest BCUT2D eigenvalue weighted by Crippen LogP contribution is 2.42. The van der Waals surface area contributed by atoms with Crippen molar-refractivity contribution in [3.05, 3.63) is 64.4 Å². The summed E-state index contributed by atoms with van der Waals surface area (Å²) >= 11 is 0. The Labute approximate surface area is 147 Å².